The van der Waals surface area contributed by atoms with Crippen molar-refractivity contribution in [3.63, 3.8) is 0 Å². The van der Waals surface area contributed by atoms with E-state index in [2.05, 4.69) is 129 Å². The summed E-state index contributed by atoms with van der Waals surface area (Å²) in [6, 6.07) is 6.75. The topological polar surface area (TPSA) is 57.3 Å². The van der Waals surface area contributed by atoms with Gasteiger partial charge in [-0.1, -0.05) is 81.2 Å². The fourth-order valence-electron chi connectivity index (χ4n) is 7.24. The largest absolute Gasteiger partial charge is 0.416 e. The number of aryl methyl sites for hydroxylation is 1. The summed E-state index contributed by atoms with van der Waals surface area (Å²) in [6.07, 6.45) is 5.22. The minimum absolute atomic E-state index is 0.0458. The summed E-state index contributed by atoms with van der Waals surface area (Å²) in [7, 11) is -1.67. The molecule has 0 spiro atoms. The summed E-state index contributed by atoms with van der Waals surface area (Å²) in [5, 5.41) is 11.2. The Bertz CT molecular complexity index is 1530. The highest BCUT2D eigenvalue weighted by atomic mass is 28.4. The van der Waals surface area contributed by atoms with Crippen molar-refractivity contribution < 1.29 is 9.16 Å². The smallest absolute Gasteiger partial charge is 0.192 e. The average Bonchev–Trinajstić information content (AvgIpc) is 3.55. The molecule has 0 amide bonds. The van der Waals surface area contributed by atoms with Gasteiger partial charge in [-0.15, -0.1) is 5.54 Å². The van der Waals surface area contributed by atoms with E-state index in [9.17, 15) is 0 Å². The molecule has 1 atom stereocenters. The lowest BCUT2D eigenvalue weighted by Crippen LogP contribution is -2.43. The van der Waals surface area contributed by atoms with Crippen molar-refractivity contribution in [2.24, 2.45) is 7.05 Å². The zero-order valence-electron chi connectivity index (χ0n) is 31.8. The molecule has 0 N–H and O–H groups in total. The van der Waals surface area contributed by atoms with Crippen molar-refractivity contribution in [1.82, 2.24) is 24.5 Å². The standard InChI is InChI=1S/C38H63N5O2Si2/c1-14-42(21-23-45-46(12,13)38(8,9)10)27-36-33(26-39-41(36)11)31-18-19-35-32(25-31)34(40-43(35)37-17-15-16-22-44-37)20-24-47(28(2)3,29(4)5)30(6)7/h18-19,25-26,28-30,37H,14-17,21-23,27H2,1-13H3. The summed E-state index contributed by atoms with van der Waals surface area (Å²) in [4.78, 5) is 2.47. The zero-order chi connectivity index (χ0) is 34.7. The number of aromatic nitrogens is 4. The molecule has 1 fully saturated rings. The van der Waals surface area contributed by atoms with Crippen molar-refractivity contribution in [3.05, 3.63) is 35.8 Å². The number of hydrogen-bond donors (Lipinski definition) is 0. The highest BCUT2D eigenvalue weighted by molar-refractivity contribution is 6.90. The van der Waals surface area contributed by atoms with Crippen molar-refractivity contribution in [2.45, 2.75) is 136 Å². The number of hydrogen-bond acceptors (Lipinski definition) is 5. The summed E-state index contributed by atoms with van der Waals surface area (Å²) in [5.41, 5.74) is 11.1. The van der Waals surface area contributed by atoms with Gasteiger partial charge in [-0.3, -0.25) is 9.58 Å². The number of rotatable bonds is 12. The van der Waals surface area contributed by atoms with E-state index in [0.29, 0.717) is 16.6 Å². The third-order valence-electron chi connectivity index (χ3n) is 11.3. The molecule has 1 aliphatic heterocycles. The predicted octanol–water partition coefficient (Wildman–Crippen LogP) is 9.55. The molecule has 0 saturated carbocycles. The van der Waals surface area contributed by atoms with Crippen LogP contribution in [0.15, 0.2) is 24.4 Å². The Morgan fingerprint density at radius 3 is 2.32 bits per heavy atom. The number of fused-ring (bicyclic) bond motifs is 1. The Hall–Kier alpha value is -2.23. The Morgan fingerprint density at radius 2 is 1.74 bits per heavy atom. The van der Waals surface area contributed by atoms with Crippen molar-refractivity contribution in [1.29, 1.82) is 0 Å². The van der Waals surface area contributed by atoms with E-state index in [1.165, 1.54) is 5.69 Å². The van der Waals surface area contributed by atoms with Crippen LogP contribution in [0, 0.1) is 11.5 Å². The van der Waals surface area contributed by atoms with Gasteiger partial charge in [0.15, 0.2) is 14.5 Å². The molecule has 9 heteroatoms. The van der Waals surface area contributed by atoms with E-state index in [-0.39, 0.29) is 11.3 Å². The summed E-state index contributed by atoms with van der Waals surface area (Å²) >= 11 is 0. The van der Waals surface area contributed by atoms with Gasteiger partial charge in [-0.05, 0) is 78.3 Å². The van der Waals surface area contributed by atoms with Crippen LogP contribution < -0.4 is 0 Å². The molecule has 0 bridgehead atoms. The second kappa shape index (κ2) is 15.1. The minimum atomic E-state index is -1.94. The number of ether oxygens (including phenoxy) is 1. The van der Waals surface area contributed by atoms with Crippen LogP contribution in [0.2, 0.25) is 34.8 Å². The molecule has 1 saturated heterocycles. The van der Waals surface area contributed by atoms with Crippen molar-refractivity contribution in [2.75, 3.05) is 26.3 Å². The number of nitrogens with zero attached hydrogens (tertiary/aromatic N) is 5. The lowest BCUT2D eigenvalue weighted by molar-refractivity contribution is -0.0367. The zero-order valence-corrected chi connectivity index (χ0v) is 33.8. The maximum absolute atomic E-state index is 6.54. The molecular weight excluding hydrogens is 615 g/mol. The van der Waals surface area contributed by atoms with E-state index in [1.807, 2.05) is 10.9 Å². The van der Waals surface area contributed by atoms with E-state index in [4.69, 9.17) is 19.4 Å². The molecule has 47 heavy (non-hydrogen) atoms. The van der Waals surface area contributed by atoms with Crippen LogP contribution in [0.4, 0.5) is 0 Å². The molecule has 1 unspecified atom stereocenters. The second-order valence-corrected chi connectivity index (χ2v) is 26.5. The summed E-state index contributed by atoms with van der Waals surface area (Å²) < 4.78 is 16.9. The van der Waals surface area contributed by atoms with Gasteiger partial charge in [-0.2, -0.15) is 10.2 Å². The average molecular weight is 678 g/mol. The summed E-state index contributed by atoms with van der Waals surface area (Å²) in [6.45, 7) is 32.2. The number of benzene rings is 1. The monoisotopic (exact) mass is 677 g/mol. The molecule has 1 aromatic carbocycles. The van der Waals surface area contributed by atoms with E-state index in [0.717, 1.165) is 79.8 Å². The maximum Gasteiger partial charge on any atom is 0.192 e. The normalized spacial score (nSPS) is 16.6. The molecule has 7 nitrogen and oxygen atoms in total. The molecule has 4 rings (SSSR count). The Kier molecular flexibility index (Phi) is 12.1. The van der Waals surface area contributed by atoms with Crippen LogP contribution in [-0.4, -0.2) is 67.2 Å². The van der Waals surface area contributed by atoms with Gasteiger partial charge >= 0.3 is 0 Å². The van der Waals surface area contributed by atoms with Gasteiger partial charge < -0.3 is 9.16 Å². The lowest BCUT2D eigenvalue weighted by atomic mass is 10.0. The summed E-state index contributed by atoms with van der Waals surface area (Å²) in [5.74, 6) is 3.70. The first kappa shape index (κ1) is 37.6. The molecule has 3 heterocycles. The Balaban J connectivity index is 1.73. The van der Waals surface area contributed by atoms with Crippen LogP contribution in [0.1, 0.15) is 106 Å². The van der Waals surface area contributed by atoms with Crippen LogP contribution in [0.25, 0.3) is 22.0 Å². The third kappa shape index (κ3) is 7.99. The van der Waals surface area contributed by atoms with Gasteiger partial charge in [0.25, 0.3) is 0 Å². The first-order valence-electron chi connectivity index (χ1n) is 18.1. The van der Waals surface area contributed by atoms with Crippen LogP contribution >= 0.6 is 0 Å². The van der Waals surface area contributed by atoms with Crippen molar-refractivity contribution in [3.8, 4) is 22.6 Å². The van der Waals surface area contributed by atoms with E-state index >= 15 is 0 Å². The highest BCUT2D eigenvalue weighted by Gasteiger charge is 2.42. The quantitative estimate of drug-likeness (QED) is 0.141. The van der Waals surface area contributed by atoms with Crippen LogP contribution in [0.5, 0.6) is 0 Å². The molecule has 0 radical (unpaired) electrons. The Labute approximate surface area is 287 Å². The van der Waals surface area contributed by atoms with Gasteiger partial charge in [0.2, 0.25) is 0 Å². The molecule has 0 aliphatic carbocycles. The van der Waals surface area contributed by atoms with Crippen LogP contribution in [-0.2, 0) is 22.8 Å². The second-order valence-electron chi connectivity index (χ2n) is 16.1. The van der Waals surface area contributed by atoms with Crippen molar-refractivity contribution >= 4 is 27.3 Å². The Morgan fingerprint density at radius 1 is 1.06 bits per heavy atom. The molecule has 260 valence electrons. The molecule has 3 aromatic rings. The SMILES string of the molecule is CCN(CCO[Si](C)(C)C(C)(C)C)Cc1c(-c2ccc3c(c2)c(C#C[Si](C(C)C)(C(C)C)C(C)C)nn3C2CCCCO2)cnn1C. The van der Waals surface area contributed by atoms with Gasteiger partial charge in [0.05, 0.1) is 17.4 Å². The lowest BCUT2D eigenvalue weighted by Gasteiger charge is -2.38. The predicted molar refractivity (Wildman–Crippen MR) is 203 cm³/mol. The fourth-order valence-corrected chi connectivity index (χ4v) is 13.5. The molecule has 2 aromatic heterocycles. The van der Waals surface area contributed by atoms with Crippen LogP contribution in [0.3, 0.4) is 0 Å². The molecular formula is C38H63N5O2Si2. The van der Waals surface area contributed by atoms with Gasteiger partial charge in [-0.25, -0.2) is 4.68 Å². The maximum atomic E-state index is 6.54. The van der Waals surface area contributed by atoms with Gasteiger partial charge in [0.1, 0.15) is 13.8 Å². The molecule has 1 aliphatic rings. The highest BCUT2D eigenvalue weighted by Crippen LogP contribution is 2.41. The minimum Gasteiger partial charge on any atom is -0.416 e. The first-order chi connectivity index (χ1) is 22.0. The van der Waals surface area contributed by atoms with Gasteiger partial charge in [0, 0.05) is 44.3 Å². The fraction of sp³-hybridized carbons (Fsp3) is 0.684. The van der Waals surface area contributed by atoms with E-state index in [1.54, 1.807) is 0 Å². The number of likely N-dealkylation sites (N-methyl/N-ethyl adjacent to an activating group) is 1. The van der Waals surface area contributed by atoms with E-state index < -0.39 is 16.4 Å². The third-order valence-corrected chi connectivity index (χ3v) is 22.1. The first-order valence-corrected chi connectivity index (χ1v) is 23.2.